The summed E-state index contributed by atoms with van der Waals surface area (Å²) in [6.45, 7) is 15.8. The lowest BCUT2D eigenvalue weighted by Crippen LogP contribution is -2.46. The molecule has 1 N–H and O–H groups in total. The molecule has 0 aromatic heterocycles. The average Bonchev–Trinajstić information content (AvgIpc) is 3.51. The minimum atomic E-state index is -0.412. The van der Waals surface area contributed by atoms with Crippen LogP contribution in [0.25, 0.3) is 0 Å². The molecular weight excluding hydrogens is 706 g/mol. The number of phenolic OH excluding ortho intramolecular Hbond substituents is 1. The maximum atomic E-state index is 14.2. The Morgan fingerprint density at radius 2 is 1.71 bits per heavy atom. The summed E-state index contributed by atoms with van der Waals surface area (Å²) in [5.74, 6) is 1.41. The number of fused-ring (bicyclic) bond motifs is 2. The fourth-order valence-corrected chi connectivity index (χ4v) is 8.54. The van der Waals surface area contributed by atoms with E-state index in [0.717, 1.165) is 97.7 Å². The van der Waals surface area contributed by atoms with Gasteiger partial charge in [0.2, 0.25) is 0 Å². The van der Waals surface area contributed by atoms with Crippen LogP contribution in [-0.2, 0) is 11.3 Å². The Morgan fingerprint density at radius 1 is 0.946 bits per heavy atom. The number of anilines is 1. The summed E-state index contributed by atoms with van der Waals surface area (Å²) in [7, 11) is 0. The van der Waals surface area contributed by atoms with Gasteiger partial charge in [-0.15, -0.1) is 6.58 Å². The molecule has 1 saturated heterocycles. The molecule has 0 bridgehead atoms. The van der Waals surface area contributed by atoms with Gasteiger partial charge in [0.05, 0.1) is 19.3 Å². The molecule has 0 saturated carbocycles. The molecular formula is C47H54FN3O5. The van der Waals surface area contributed by atoms with E-state index in [4.69, 9.17) is 9.47 Å². The third-order valence-corrected chi connectivity index (χ3v) is 11.7. The zero-order valence-corrected chi connectivity index (χ0v) is 32.9. The highest BCUT2D eigenvalue weighted by molar-refractivity contribution is 6.01. The molecule has 56 heavy (non-hydrogen) atoms. The van der Waals surface area contributed by atoms with Gasteiger partial charge >= 0.3 is 0 Å². The number of phenols is 1. The van der Waals surface area contributed by atoms with E-state index in [2.05, 4.69) is 40.6 Å². The van der Waals surface area contributed by atoms with Crippen LogP contribution in [-0.4, -0.2) is 78.6 Å². The fourth-order valence-electron chi connectivity index (χ4n) is 8.54. The summed E-state index contributed by atoms with van der Waals surface area (Å²) in [5.41, 5.74) is 7.63. The number of carbonyl (C=O) groups excluding carboxylic acids is 2. The number of aryl methyl sites for hydroxylation is 1. The third kappa shape index (κ3) is 8.78. The van der Waals surface area contributed by atoms with Crippen LogP contribution < -0.4 is 14.4 Å². The molecule has 0 spiro atoms. The second-order valence-corrected chi connectivity index (χ2v) is 15.8. The zero-order valence-electron chi connectivity index (χ0n) is 32.9. The molecule has 0 aliphatic carbocycles. The number of ether oxygens (including phenoxy) is 2. The number of amides is 1. The summed E-state index contributed by atoms with van der Waals surface area (Å²) in [6.07, 6.45) is 4.53. The minimum absolute atomic E-state index is 0.0109. The zero-order chi connectivity index (χ0) is 39.3. The Labute approximate surface area is 330 Å². The summed E-state index contributed by atoms with van der Waals surface area (Å²) < 4.78 is 26.4. The number of hydrogen-bond donors (Lipinski definition) is 1. The third-order valence-electron chi connectivity index (χ3n) is 11.7. The molecule has 294 valence electrons. The van der Waals surface area contributed by atoms with Crippen molar-refractivity contribution < 1.29 is 28.6 Å². The highest BCUT2D eigenvalue weighted by Crippen LogP contribution is 2.47. The van der Waals surface area contributed by atoms with Crippen LogP contribution in [0.3, 0.4) is 0 Å². The first-order valence-corrected chi connectivity index (χ1v) is 20.1. The molecule has 3 atom stereocenters. The first-order chi connectivity index (χ1) is 27.0. The number of hydrogen-bond acceptors (Lipinski definition) is 7. The highest BCUT2D eigenvalue weighted by Gasteiger charge is 2.36. The van der Waals surface area contributed by atoms with Crippen molar-refractivity contribution in [2.24, 2.45) is 0 Å². The van der Waals surface area contributed by atoms with Gasteiger partial charge in [0.15, 0.2) is 5.78 Å². The van der Waals surface area contributed by atoms with E-state index in [0.29, 0.717) is 43.1 Å². The summed E-state index contributed by atoms with van der Waals surface area (Å²) in [5, 5.41) is 10.1. The molecule has 9 heteroatoms. The summed E-state index contributed by atoms with van der Waals surface area (Å²) >= 11 is 0. The van der Waals surface area contributed by atoms with Crippen molar-refractivity contribution in [1.29, 1.82) is 0 Å². The van der Waals surface area contributed by atoms with E-state index in [1.807, 2.05) is 43.3 Å². The number of benzene rings is 4. The number of ketones is 1. The van der Waals surface area contributed by atoms with Crippen LogP contribution in [0.15, 0.2) is 91.0 Å². The average molecular weight is 760 g/mol. The lowest BCUT2D eigenvalue weighted by Gasteiger charge is -2.36. The van der Waals surface area contributed by atoms with Crippen molar-refractivity contribution in [2.75, 3.05) is 50.8 Å². The van der Waals surface area contributed by atoms with E-state index < -0.39 is 6.04 Å². The highest BCUT2D eigenvalue weighted by atomic mass is 19.1. The Bertz CT molecular complexity index is 2060. The van der Waals surface area contributed by atoms with Crippen LogP contribution in [0.5, 0.6) is 17.2 Å². The van der Waals surface area contributed by atoms with Gasteiger partial charge in [0.25, 0.3) is 5.91 Å². The second kappa shape index (κ2) is 17.3. The monoisotopic (exact) mass is 759 g/mol. The van der Waals surface area contributed by atoms with E-state index in [9.17, 15) is 19.1 Å². The molecule has 3 heterocycles. The van der Waals surface area contributed by atoms with Gasteiger partial charge in [-0.1, -0.05) is 35.9 Å². The van der Waals surface area contributed by atoms with Gasteiger partial charge in [0.1, 0.15) is 23.1 Å². The van der Waals surface area contributed by atoms with Crippen LogP contribution in [0.1, 0.15) is 96.0 Å². The standard InChI is InChI=1S/C47H54FN3O5/c1-31(2)8-19-44(33(4)52)51-29-36-27-37(12-16-40(36)47(51)54)50-23-21-49(22-24-50)20-6-5-7-25-55-39-14-9-34(10-15-39)46-41-17-13-38(53)28-45(41)56-30-42(46)35-11-18-43(48)32(3)26-35/h9-18,26-28,42,44,46,53H,1,5-8,19-25,29-30H2,2-4H3. The molecule has 3 aliphatic rings. The van der Waals surface area contributed by atoms with Crippen LogP contribution in [0, 0.1) is 12.7 Å². The molecule has 1 fully saturated rings. The number of rotatable bonds is 15. The number of unbranched alkanes of at least 4 members (excludes halogenated alkanes) is 2. The van der Waals surface area contributed by atoms with Gasteiger partial charge in [-0.25, -0.2) is 4.39 Å². The Kier molecular flexibility index (Phi) is 12.1. The number of piperazine rings is 1. The summed E-state index contributed by atoms with van der Waals surface area (Å²) in [6, 6.07) is 24.6. The molecule has 7 rings (SSSR count). The Morgan fingerprint density at radius 3 is 2.45 bits per heavy atom. The molecule has 0 radical (unpaired) electrons. The van der Waals surface area contributed by atoms with Crippen molar-refractivity contribution in [1.82, 2.24) is 9.80 Å². The first-order valence-electron chi connectivity index (χ1n) is 20.1. The van der Waals surface area contributed by atoms with E-state index in [1.165, 1.54) is 6.07 Å². The fraction of sp³-hybridized carbons (Fsp3) is 0.404. The summed E-state index contributed by atoms with van der Waals surface area (Å²) in [4.78, 5) is 32.4. The maximum absolute atomic E-state index is 14.2. The number of halogens is 1. The normalized spacial score (nSPS) is 18.6. The Balaban J connectivity index is 0.855. The van der Waals surface area contributed by atoms with E-state index >= 15 is 0 Å². The number of nitrogens with zero attached hydrogens (tertiary/aromatic N) is 3. The van der Waals surface area contributed by atoms with Gasteiger partial charge in [-0.2, -0.15) is 0 Å². The van der Waals surface area contributed by atoms with Crippen LogP contribution in [0.4, 0.5) is 10.1 Å². The smallest absolute Gasteiger partial charge is 0.255 e. The van der Waals surface area contributed by atoms with Crippen molar-refractivity contribution in [2.45, 2.75) is 77.3 Å². The van der Waals surface area contributed by atoms with Crippen molar-refractivity contribution in [3.05, 3.63) is 130 Å². The quantitative estimate of drug-likeness (QED) is 0.0959. The first kappa shape index (κ1) is 39.1. The lowest BCUT2D eigenvalue weighted by molar-refractivity contribution is -0.121. The van der Waals surface area contributed by atoms with Gasteiger partial charge in [-0.05, 0) is 124 Å². The molecule has 4 aromatic rings. The minimum Gasteiger partial charge on any atom is -0.508 e. The molecule has 3 aliphatic heterocycles. The van der Waals surface area contributed by atoms with E-state index in [1.54, 1.807) is 30.9 Å². The van der Waals surface area contributed by atoms with Crippen LogP contribution in [0.2, 0.25) is 0 Å². The molecule has 8 nitrogen and oxygen atoms in total. The molecule has 3 unspecified atom stereocenters. The number of aromatic hydroxyl groups is 1. The predicted molar refractivity (Wildman–Crippen MR) is 219 cm³/mol. The molecule has 1 amide bonds. The second-order valence-electron chi connectivity index (χ2n) is 15.8. The van der Waals surface area contributed by atoms with Gasteiger partial charge in [0, 0.05) is 67.4 Å². The van der Waals surface area contributed by atoms with E-state index in [-0.39, 0.29) is 35.1 Å². The van der Waals surface area contributed by atoms with Crippen molar-refractivity contribution in [3.8, 4) is 17.2 Å². The maximum Gasteiger partial charge on any atom is 0.255 e. The van der Waals surface area contributed by atoms with Crippen molar-refractivity contribution in [3.63, 3.8) is 0 Å². The Hall–Kier alpha value is -5.15. The van der Waals surface area contributed by atoms with Gasteiger partial charge < -0.3 is 24.4 Å². The molecule has 4 aromatic carbocycles. The van der Waals surface area contributed by atoms with Gasteiger partial charge in [-0.3, -0.25) is 14.5 Å². The van der Waals surface area contributed by atoms with Crippen LogP contribution >= 0.6 is 0 Å². The number of Topliss-reactive ketones (excluding diaryl/α,β-unsaturated/α-hetero) is 1. The predicted octanol–water partition coefficient (Wildman–Crippen LogP) is 8.79. The lowest BCUT2D eigenvalue weighted by atomic mass is 9.75. The van der Waals surface area contributed by atoms with Crippen molar-refractivity contribution >= 4 is 17.4 Å². The largest absolute Gasteiger partial charge is 0.508 e. The topological polar surface area (TPSA) is 82.6 Å². The SMILES string of the molecule is C=C(C)CCC(C(C)=O)N1Cc2cc(N3CCN(CCCCCOc4ccc(C5c6ccc(O)cc6OCC5c5ccc(F)c(C)c5)cc4)CC3)ccc2C1=O. The number of allylic oxidation sites excluding steroid dienone is 1. The number of carbonyl (C=O) groups is 2.